The lowest BCUT2D eigenvalue weighted by Gasteiger charge is -2.08. The van der Waals surface area contributed by atoms with E-state index in [-0.39, 0.29) is 0 Å². The monoisotopic (exact) mass is 473 g/mol. The summed E-state index contributed by atoms with van der Waals surface area (Å²) in [5.74, 6) is 0. The molecular weight excluding hydrogens is 454 g/mol. The van der Waals surface area contributed by atoms with Gasteiger partial charge in [0.05, 0.1) is 22.2 Å². The highest BCUT2D eigenvalue weighted by atomic mass is 16.3. The van der Waals surface area contributed by atoms with Gasteiger partial charge in [0.1, 0.15) is 11.2 Å². The minimum atomic E-state index is 0.859. The molecule has 0 N–H and O–H groups in total. The van der Waals surface area contributed by atoms with Crippen LogP contribution in [0.25, 0.3) is 77.0 Å². The molecule has 8 rings (SSSR count). The largest absolute Gasteiger partial charge is 0.456 e. The third-order valence-corrected chi connectivity index (χ3v) is 7.16. The van der Waals surface area contributed by atoms with Gasteiger partial charge < -0.3 is 4.42 Å². The fourth-order valence-electron chi connectivity index (χ4n) is 5.43. The second kappa shape index (κ2) is 7.70. The predicted molar refractivity (Wildman–Crippen MR) is 150 cm³/mol. The van der Waals surface area contributed by atoms with Crippen molar-refractivity contribution in [2.45, 2.75) is 0 Å². The highest BCUT2D eigenvalue weighted by Crippen LogP contribution is 2.40. The maximum atomic E-state index is 6.30. The second-order valence-electron chi connectivity index (χ2n) is 9.28. The Labute approximate surface area is 211 Å². The molecule has 0 unspecified atom stereocenters. The Hall–Kier alpha value is -5.09. The fourth-order valence-corrected chi connectivity index (χ4v) is 5.43. The van der Waals surface area contributed by atoms with Gasteiger partial charge >= 0.3 is 0 Å². The Morgan fingerprint density at radius 2 is 1.35 bits per heavy atom. The first kappa shape index (κ1) is 20.1. The van der Waals surface area contributed by atoms with Gasteiger partial charge in [-0.25, -0.2) is 4.98 Å². The smallest absolute Gasteiger partial charge is 0.136 e. The van der Waals surface area contributed by atoms with Crippen molar-refractivity contribution in [1.29, 1.82) is 0 Å². The molecule has 0 radical (unpaired) electrons. The van der Waals surface area contributed by atoms with Crippen LogP contribution in [-0.4, -0.2) is 15.0 Å². The van der Waals surface area contributed by atoms with E-state index in [2.05, 4.69) is 88.8 Å². The topological polar surface area (TPSA) is 51.8 Å². The van der Waals surface area contributed by atoms with Crippen LogP contribution >= 0.6 is 0 Å². The van der Waals surface area contributed by atoms with E-state index in [9.17, 15) is 0 Å². The number of hydrogen-bond acceptors (Lipinski definition) is 4. The van der Waals surface area contributed by atoms with Crippen molar-refractivity contribution in [1.82, 2.24) is 15.0 Å². The molecule has 4 heteroatoms. The second-order valence-corrected chi connectivity index (χ2v) is 9.28. The van der Waals surface area contributed by atoms with Gasteiger partial charge in [-0.1, -0.05) is 54.6 Å². The molecule has 0 bridgehead atoms. The molecule has 0 aliphatic rings. The van der Waals surface area contributed by atoms with Crippen LogP contribution in [0.1, 0.15) is 0 Å². The minimum Gasteiger partial charge on any atom is -0.456 e. The maximum absolute atomic E-state index is 6.30. The van der Waals surface area contributed by atoms with E-state index in [0.29, 0.717) is 0 Å². The lowest BCUT2D eigenvalue weighted by Crippen LogP contribution is -1.88. The molecule has 0 amide bonds. The lowest BCUT2D eigenvalue weighted by atomic mass is 9.95. The summed E-state index contributed by atoms with van der Waals surface area (Å²) in [6.45, 7) is 0. The fraction of sp³-hybridized carbons (Fsp3) is 0. The van der Waals surface area contributed by atoms with Crippen LogP contribution in [0.3, 0.4) is 0 Å². The molecule has 0 saturated carbocycles. The number of benzene rings is 4. The number of rotatable bonds is 2. The standard InChI is InChI=1S/C33H19N3O/c1-6-23(24-8-4-17-34-28(24)9-1)25-7-2-10-30-31(25)26-19-22(14-16-29(26)37-30)27-15-13-21-12-11-20-5-3-18-35-32(20)33(21)36-27/h1-19H. The van der Waals surface area contributed by atoms with E-state index >= 15 is 0 Å². The molecule has 8 aromatic rings. The summed E-state index contributed by atoms with van der Waals surface area (Å²) >= 11 is 0. The number of aromatic nitrogens is 3. The SMILES string of the molecule is c1cnc2c(c1)ccc1ccc(-c3ccc4oc5cccc(-c6cccc7ncccc67)c5c4c3)nc12. The Morgan fingerprint density at radius 1 is 0.541 bits per heavy atom. The summed E-state index contributed by atoms with van der Waals surface area (Å²) in [5, 5.41) is 5.46. The van der Waals surface area contributed by atoms with Crippen LogP contribution in [0.4, 0.5) is 0 Å². The Morgan fingerprint density at radius 3 is 2.32 bits per heavy atom. The zero-order chi connectivity index (χ0) is 24.3. The molecule has 4 heterocycles. The minimum absolute atomic E-state index is 0.859. The number of nitrogens with zero attached hydrogens (tertiary/aromatic N) is 3. The van der Waals surface area contributed by atoms with Gasteiger partial charge in [-0.15, -0.1) is 0 Å². The average Bonchev–Trinajstić information content (AvgIpc) is 3.35. The summed E-state index contributed by atoms with van der Waals surface area (Å²) in [4.78, 5) is 14.2. The highest BCUT2D eigenvalue weighted by molar-refractivity contribution is 6.15. The Bertz CT molecular complexity index is 2150. The van der Waals surface area contributed by atoms with Gasteiger partial charge in [-0.3, -0.25) is 9.97 Å². The van der Waals surface area contributed by atoms with Crippen LogP contribution in [0.5, 0.6) is 0 Å². The van der Waals surface area contributed by atoms with E-state index in [4.69, 9.17) is 9.40 Å². The van der Waals surface area contributed by atoms with Crippen molar-refractivity contribution >= 4 is 54.6 Å². The summed E-state index contributed by atoms with van der Waals surface area (Å²) in [7, 11) is 0. The lowest BCUT2D eigenvalue weighted by molar-refractivity contribution is 0.669. The molecule has 0 aliphatic carbocycles. The van der Waals surface area contributed by atoms with Crippen molar-refractivity contribution in [2.24, 2.45) is 0 Å². The molecule has 0 aliphatic heterocycles. The number of pyridine rings is 3. The average molecular weight is 474 g/mol. The molecule has 4 nitrogen and oxygen atoms in total. The van der Waals surface area contributed by atoms with Gasteiger partial charge in [-0.05, 0) is 59.7 Å². The predicted octanol–water partition coefficient (Wildman–Crippen LogP) is 8.56. The zero-order valence-electron chi connectivity index (χ0n) is 19.7. The molecule has 0 saturated heterocycles. The van der Waals surface area contributed by atoms with E-state index in [1.165, 1.54) is 0 Å². The molecule has 37 heavy (non-hydrogen) atoms. The molecule has 4 aromatic heterocycles. The quantitative estimate of drug-likeness (QED) is 0.236. The summed E-state index contributed by atoms with van der Waals surface area (Å²) in [5.41, 5.74) is 8.77. The summed E-state index contributed by atoms with van der Waals surface area (Å²) < 4.78 is 6.30. The Balaban J connectivity index is 1.38. The number of hydrogen-bond donors (Lipinski definition) is 0. The van der Waals surface area contributed by atoms with Crippen molar-refractivity contribution < 1.29 is 4.42 Å². The first-order chi connectivity index (χ1) is 18.3. The van der Waals surface area contributed by atoms with Gasteiger partial charge in [-0.2, -0.15) is 0 Å². The first-order valence-electron chi connectivity index (χ1n) is 12.3. The van der Waals surface area contributed by atoms with Crippen LogP contribution in [-0.2, 0) is 0 Å². The van der Waals surface area contributed by atoms with Crippen molar-refractivity contribution in [3.05, 3.63) is 116 Å². The molecular formula is C33H19N3O. The summed E-state index contributed by atoms with van der Waals surface area (Å²) in [6, 6.07) is 35.4. The van der Waals surface area contributed by atoms with Crippen LogP contribution in [0.2, 0.25) is 0 Å². The van der Waals surface area contributed by atoms with Gasteiger partial charge in [0.25, 0.3) is 0 Å². The summed E-state index contributed by atoms with van der Waals surface area (Å²) in [6.07, 6.45) is 3.66. The van der Waals surface area contributed by atoms with Gasteiger partial charge in [0.2, 0.25) is 0 Å². The van der Waals surface area contributed by atoms with Crippen LogP contribution in [0, 0.1) is 0 Å². The number of fused-ring (bicyclic) bond motifs is 7. The van der Waals surface area contributed by atoms with E-state index in [1.807, 2.05) is 36.7 Å². The van der Waals surface area contributed by atoms with E-state index in [0.717, 1.165) is 77.0 Å². The molecule has 172 valence electrons. The number of furan rings is 1. The van der Waals surface area contributed by atoms with Crippen molar-refractivity contribution in [2.75, 3.05) is 0 Å². The van der Waals surface area contributed by atoms with E-state index < -0.39 is 0 Å². The van der Waals surface area contributed by atoms with Gasteiger partial charge in [0.15, 0.2) is 0 Å². The van der Waals surface area contributed by atoms with Gasteiger partial charge in [0, 0.05) is 44.9 Å². The first-order valence-corrected chi connectivity index (χ1v) is 12.3. The van der Waals surface area contributed by atoms with Crippen LogP contribution in [0.15, 0.2) is 120 Å². The highest BCUT2D eigenvalue weighted by Gasteiger charge is 2.16. The molecule has 0 fully saturated rings. The molecule has 0 spiro atoms. The molecule has 0 atom stereocenters. The molecule has 4 aromatic carbocycles. The normalized spacial score (nSPS) is 11.8. The van der Waals surface area contributed by atoms with E-state index in [1.54, 1.807) is 0 Å². The van der Waals surface area contributed by atoms with Crippen molar-refractivity contribution in [3.8, 4) is 22.4 Å². The third kappa shape index (κ3) is 3.06. The third-order valence-electron chi connectivity index (χ3n) is 7.16. The van der Waals surface area contributed by atoms with Crippen LogP contribution < -0.4 is 0 Å². The van der Waals surface area contributed by atoms with Crippen molar-refractivity contribution in [3.63, 3.8) is 0 Å². The zero-order valence-corrected chi connectivity index (χ0v) is 19.7. The Kier molecular flexibility index (Phi) is 4.19. The maximum Gasteiger partial charge on any atom is 0.136 e.